The Hall–Kier alpha value is -0.160. The van der Waals surface area contributed by atoms with E-state index in [0.717, 1.165) is 38.5 Å². The first kappa shape index (κ1) is 13.9. The van der Waals surface area contributed by atoms with E-state index in [9.17, 15) is 5.11 Å². The fraction of sp³-hybridized carbons (Fsp3) is 1.00. The van der Waals surface area contributed by atoms with Gasteiger partial charge < -0.3 is 20.4 Å². The number of rotatable bonds is 7. The number of nitrogens with zero attached hydrogens (tertiary/aromatic N) is 1. The van der Waals surface area contributed by atoms with Crippen LogP contribution in [0.25, 0.3) is 0 Å². The number of aliphatic hydroxyl groups excluding tert-OH is 2. The van der Waals surface area contributed by atoms with Crippen molar-refractivity contribution < 1.29 is 10.2 Å². The second-order valence-corrected chi connectivity index (χ2v) is 4.79. The Morgan fingerprint density at radius 1 is 1.38 bits per heavy atom. The highest BCUT2D eigenvalue weighted by Crippen LogP contribution is 2.13. The number of aliphatic hydroxyl groups is 2. The van der Waals surface area contributed by atoms with Gasteiger partial charge in [-0.05, 0) is 44.8 Å². The SMILES string of the molecule is CCCN(CC(O)CO)CC1CCNCC1. The van der Waals surface area contributed by atoms with Crippen molar-refractivity contribution in [2.24, 2.45) is 5.92 Å². The molecule has 1 heterocycles. The molecule has 1 aliphatic rings. The molecule has 1 aliphatic heterocycles. The Morgan fingerprint density at radius 2 is 2.06 bits per heavy atom. The van der Waals surface area contributed by atoms with E-state index in [1.54, 1.807) is 0 Å². The van der Waals surface area contributed by atoms with Gasteiger partial charge in [0.1, 0.15) is 0 Å². The van der Waals surface area contributed by atoms with Crippen molar-refractivity contribution in [1.29, 1.82) is 0 Å². The summed E-state index contributed by atoms with van der Waals surface area (Å²) in [6.07, 6.45) is 2.97. The molecule has 1 atom stereocenters. The maximum absolute atomic E-state index is 9.48. The second-order valence-electron chi connectivity index (χ2n) is 4.79. The Balaban J connectivity index is 2.30. The molecule has 0 aromatic rings. The van der Waals surface area contributed by atoms with Crippen molar-refractivity contribution in [3.05, 3.63) is 0 Å². The Morgan fingerprint density at radius 3 is 2.62 bits per heavy atom. The summed E-state index contributed by atoms with van der Waals surface area (Å²) in [6.45, 7) is 6.94. The smallest absolute Gasteiger partial charge is 0.0897 e. The zero-order valence-electron chi connectivity index (χ0n) is 10.4. The quantitative estimate of drug-likeness (QED) is 0.578. The summed E-state index contributed by atoms with van der Waals surface area (Å²) in [4.78, 5) is 2.29. The van der Waals surface area contributed by atoms with Gasteiger partial charge in [0.15, 0.2) is 0 Å². The van der Waals surface area contributed by atoms with Crippen LogP contribution in [-0.4, -0.2) is 60.5 Å². The third-order valence-corrected chi connectivity index (χ3v) is 3.19. The minimum Gasteiger partial charge on any atom is -0.394 e. The number of nitrogens with one attached hydrogen (secondary N) is 1. The lowest BCUT2D eigenvalue weighted by molar-refractivity contribution is 0.0522. The van der Waals surface area contributed by atoms with Gasteiger partial charge in [-0.15, -0.1) is 0 Å². The molecule has 4 heteroatoms. The lowest BCUT2D eigenvalue weighted by Gasteiger charge is -2.30. The molecule has 0 bridgehead atoms. The standard InChI is InChI=1S/C12H26N2O2/c1-2-7-14(9-12(16)10-15)8-11-3-5-13-6-4-11/h11-13,15-16H,2-10H2,1H3. The summed E-state index contributed by atoms with van der Waals surface area (Å²) in [7, 11) is 0. The van der Waals surface area contributed by atoms with E-state index in [4.69, 9.17) is 5.11 Å². The lowest BCUT2D eigenvalue weighted by Crippen LogP contribution is -2.40. The molecule has 1 rings (SSSR count). The molecule has 0 aliphatic carbocycles. The highest BCUT2D eigenvalue weighted by Gasteiger charge is 2.18. The van der Waals surface area contributed by atoms with Crippen molar-refractivity contribution in [2.45, 2.75) is 32.3 Å². The molecule has 0 radical (unpaired) electrons. The summed E-state index contributed by atoms with van der Waals surface area (Å²) in [5, 5.41) is 21.7. The molecular formula is C12H26N2O2. The Labute approximate surface area is 98.6 Å². The van der Waals surface area contributed by atoms with Crippen LogP contribution in [0.2, 0.25) is 0 Å². The van der Waals surface area contributed by atoms with Crippen LogP contribution in [-0.2, 0) is 0 Å². The molecule has 0 amide bonds. The van der Waals surface area contributed by atoms with Crippen LogP contribution in [0.1, 0.15) is 26.2 Å². The maximum atomic E-state index is 9.48. The van der Waals surface area contributed by atoms with E-state index in [1.807, 2.05) is 0 Å². The van der Waals surface area contributed by atoms with E-state index in [1.165, 1.54) is 12.8 Å². The minimum atomic E-state index is -0.590. The van der Waals surface area contributed by atoms with Crippen LogP contribution in [0.5, 0.6) is 0 Å². The van der Waals surface area contributed by atoms with Crippen molar-refractivity contribution >= 4 is 0 Å². The van der Waals surface area contributed by atoms with E-state index < -0.39 is 6.10 Å². The zero-order valence-corrected chi connectivity index (χ0v) is 10.4. The molecular weight excluding hydrogens is 204 g/mol. The molecule has 16 heavy (non-hydrogen) atoms. The van der Waals surface area contributed by atoms with Gasteiger partial charge in [0.2, 0.25) is 0 Å². The average molecular weight is 230 g/mol. The third kappa shape index (κ3) is 5.25. The van der Waals surface area contributed by atoms with Crippen LogP contribution < -0.4 is 5.32 Å². The summed E-state index contributed by atoms with van der Waals surface area (Å²) >= 11 is 0. The first-order chi connectivity index (χ1) is 7.76. The first-order valence-corrected chi connectivity index (χ1v) is 6.48. The molecule has 1 saturated heterocycles. The summed E-state index contributed by atoms with van der Waals surface area (Å²) < 4.78 is 0. The third-order valence-electron chi connectivity index (χ3n) is 3.19. The van der Waals surface area contributed by atoms with Crippen LogP contribution in [0.15, 0.2) is 0 Å². The van der Waals surface area contributed by atoms with Crippen molar-refractivity contribution in [1.82, 2.24) is 10.2 Å². The summed E-state index contributed by atoms with van der Waals surface area (Å²) in [5.74, 6) is 0.749. The lowest BCUT2D eigenvalue weighted by atomic mass is 9.97. The number of hydrogen-bond acceptors (Lipinski definition) is 4. The van der Waals surface area contributed by atoms with Gasteiger partial charge in [0.25, 0.3) is 0 Å². The largest absolute Gasteiger partial charge is 0.394 e. The molecule has 1 unspecified atom stereocenters. The fourth-order valence-corrected chi connectivity index (χ4v) is 2.36. The van der Waals surface area contributed by atoms with Crippen molar-refractivity contribution in [3.8, 4) is 0 Å². The van der Waals surface area contributed by atoms with Crippen LogP contribution in [0, 0.1) is 5.92 Å². The molecule has 3 N–H and O–H groups in total. The van der Waals surface area contributed by atoms with Gasteiger partial charge in [0.05, 0.1) is 12.7 Å². The topological polar surface area (TPSA) is 55.7 Å². The number of hydrogen-bond donors (Lipinski definition) is 3. The molecule has 1 fully saturated rings. The fourth-order valence-electron chi connectivity index (χ4n) is 2.36. The van der Waals surface area contributed by atoms with Crippen molar-refractivity contribution in [3.63, 3.8) is 0 Å². The van der Waals surface area contributed by atoms with E-state index >= 15 is 0 Å². The van der Waals surface area contributed by atoms with Gasteiger partial charge in [-0.2, -0.15) is 0 Å². The number of piperidine rings is 1. The first-order valence-electron chi connectivity index (χ1n) is 6.48. The monoisotopic (exact) mass is 230 g/mol. The Bertz CT molecular complexity index is 172. The van der Waals surface area contributed by atoms with Crippen molar-refractivity contribution in [2.75, 3.05) is 39.3 Å². The van der Waals surface area contributed by atoms with Gasteiger partial charge in [-0.3, -0.25) is 0 Å². The predicted octanol–water partition coefficient (Wildman–Crippen LogP) is 0.0512. The van der Waals surface area contributed by atoms with E-state index in [-0.39, 0.29) is 6.61 Å². The van der Waals surface area contributed by atoms with E-state index in [0.29, 0.717) is 6.54 Å². The highest BCUT2D eigenvalue weighted by atomic mass is 16.3. The van der Waals surface area contributed by atoms with Crippen LogP contribution >= 0.6 is 0 Å². The predicted molar refractivity (Wildman–Crippen MR) is 65.4 cm³/mol. The molecule has 96 valence electrons. The van der Waals surface area contributed by atoms with Gasteiger partial charge in [-0.25, -0.2) is 0 Å². The van der Waals surface area contributed by atoms with Gasteiger partial charge in [-0.1, -0.05) is 6.92 Å². The zero-order chi connectivity index (χ0) is 11.8. The van der Waals surface area contributed by atoms with Crippen LogP contribution in [0.3, 0.4) is 0 Å². The van der Waals surface area contributed by atoms with Gasteiger partial charge in [0, 0.05) is 13.1 Å². The maximum Gasteiger partial charge on any atom is 0.0897 e. The normalized spacial score (nSPS) is 20.2. The van der Waals surface area contributed by atoms with E-state index in [2.05, 4.69) is 17.1 Å². The summed E-state index contributed by atoms with van der Waals surface area (Å²) in [6, 6.07) is 0. The van der Waals surface area contributed by atoms with Gasteiger partial charge >= 0.3 is 0 Å². The highest BCUT2D eigenvalue weighted by molar-refractivity contribution is 4.73. The summed E-state index contributed by atoms with van der Waals surface area (Å²) in [5.41, 5.74) is 0. The average Bonchev–Trinajstić information content (AvgIpc) is 2.30. The van der Waals surface area contributed by atoms with Crippen LogP contribution in [0.4, 0.5) is 0 Å². The second kappa shape index (κ2) is 8.01. The molecule has 4 nitrogen and oxygen atoms in total. The minimum absolute atomic E-state index is 0.133. The molecule has 0 spiro atoms. The molecule has 0 saturated carbocycles. The molecule has 0 aromatic heterocycles. The molecule has 0 aromatic carbocycles. The Kier molecular flexibility index (Phi) is 6.96.